The smallest absolute Gasteiger partial charge is 0.466 e. The lowest BCUT2D eigenvalue weighted by molar-refractivity contribution is 0.0807. The lowest BCUT2D eigenvalue weighted by Gasteiger charge is -2.23. The third kappa shape index (κ3) is 4.36. The molecule has 23 heavy (non-hydrogen) atoms. The molecule has 0 unspecified atom stereocenters. The molecule has 0 aliphatic heterocycles. The van der Waals surface area contributed by atoms with Gasteiger partial charge in [-0.05, 0) is 60.5 Å². The summed E-state index contributed by atoms with van der Waals surface area (Å²) in [6.45, 7) is 3.98. The highest BCUT2D eigenvalue weighted by molar-refractivity contribution is 7.46. The Morgan fingerprint density at radius 2 is 1.57 bits per heavy atom. The fourth-order valence-corrected chi connectivity index (χ4v) is 3.50. The average Bonchev–Trinajstić information content (AvgIpc) is 3.38. The van der Waals surface area contributed by atoms with Crippen LogP contribution in [0.25, 0.3) is 0 Å². The van der Waals surface area contributed by atoms with Crippen molar-refractivity contribution in [3.63, 3.8) is 0 Å². The summed E-state index contributed by atoms with van der Waals surface area (Å²) in [5, 5.41) is 0. The zero-order chi connectivity index (χ0) is 16.6. The Morgan fingerprint density at radius 1 is 1.09 bits per heavy atom. The molecule has 2 fully saturated rings. The van der Waals surface area contributed by atoms with Crippen molar-refractivity contribution >= 4 is 7.82 Å². The van der Waals surface area contributed by atoms with E-state index in [0.29, 0.717) is 23.7 Å². The van der Waals surface area contributed by atoms with E-state index in [9.17, 15) is 4.57 Å². The maximum atomic E-state index is 10.9. The molecular formula is C17H25O5P. The lowest BCUT2D eigenvalue weighted by atomic mass is 9.88. The maximum Gasteiger partial charge on any atom is 0.472 e. The molecular weight excluding hydrogens is 315 g/mol. The molecule has 1 aromatic rings. The van der Waals surface area contributed by atoms with Gasteiger partial charge in [-0.25, -0.2) is 9.09 Å². The van der Waals surface area contributed by atoms with Crippen molar-refractivity contribution in [2.75, 3.05) is 6.79 Å². The molecule has 5 nitrogen and oxygen atoms in total. The van der Waals surface area contributed by atoms with Gasteiger partial charge in [-0.3, -0.25) is 0 Å². The molecule has 0 aromatic heterocycles. The minimum atomic E-state index is -4.52. The lowest BCUT2D eigenvalue weighted by Crippen LogP contribution is -2.10. The molecule has 6 heteroatoms. The van der Waals surface area contributed by atoms with E-state index < -0.39 is 14.6 Å². The molecule has 2 aliphatic carbocycles. The second-order valence-corrected chi connectivity index (χ2v) is 8.14. The van der Waals surface area contributed by atoms with Gasteiger partial charge in [0, 0.05) is 0 Å². The van der Waals surface area contributed by atoms with Crippen molar-refractivity contribution in [3.8, 4) is 5.75 Å². The first-order valence-electron chi connectivity index (χ1n) is 8.32. The van der Waals surface area contributed by atoms with Gasteiger partial charge in [-0.1, -0.05) is 32.0 Å². The van der Waals surface area contributed by atoms with Crippen LogP contribution in [0.2, 0.25) is 0 Å². The zero-order valence-electron chi connectivity index (χ0n) is 13.6. The molecule has 128 valence electrons. The van der Waals surface area contributed by atoms with Crippen molar-refractivity contribution in [2.45, 2.75) is 51.4 Å². The molecule has 0 bridgehead atoms. The van der Waals surface area contributed by atoms with Crippen LogP contribution >= 0.6 is 7.82 Å². The van der Waals surface area contributed by atoms with Crippen LogP contribution < -0.4 is 4.74 Å². The zero-order valence-corrected chi connectivity index (χ0v) is 14.5. The first-order valence-corrected chi connectivity index (χ1v) is 9.85. The predicted molar refractivity (Wildman–Crippen MR) is 87.3 cm³/mol. The van der Waals surface area contributed by atoms with Crippen molar-refractivity contribution < 1.29 is 23.6 Å². The Hall–Kier alpha value is -0.870. The molecule has 2 N–H and O–H groups in total. The van der Waals surface area contributed by atoms with Crippen LogP contribution in [0.3, 0.4) is 0 Å². The van der Waals surface area contributed by atoms with Crippen LogP contribution in [0.1, 0.15) is 62.5 Å². The van der Waals surface area contributed by atoms with Gasteiger partial charge in [-0.15, -0.1) is 0 Å². The van der Waals surface area contributed by atoms with Crippen LogP contribution in [0.15, 0.2) is 18.2 Å². The van der Waals surface area contributed by atoms with Gasteiger partial charge in [0.05, 0.1) is 0 Å². The molecule has 0 spiro atoms. The number of phosphoric ester groups is 1. The number of phosphoric acid groups is 1. The van der Waals surface area contributed by atoms with E-state index in [2.05, 4.69) is 36.6 Å². The molecule has 2 saturated carbocycles. The fraction of sp³-hybridized carbons (Fsp3) is 0.647. The first-order chi connectivity index (χ1) is 10.9. The summed E-state index contributed by atoms with van der Waals surface area (Å²) >= 11 is 0. The van der Waals surface area contributed by atoms with E-state index in [1.54, 1.807) is 0 Å². The van der Waals surface area contributed by atoms with Gasteiger partial charge in [0.15, 0.2) is 6.79 Å². The van der Waals surface area contributed by atoms with Gasteiger partial charge in [-0.2, -0.15) is 0 Å². The van der Waals surface area contributed by atoms with Crippen molar-refractivity contribution in [3.05, 3.63) is 29.3 Å². The Kier molecular flexibility index (Phi) is 4.84. The SMILES string of the molecule is C[C@H](c1cccc([C@H](C)C2CC2)c1OCOP(=O)(O)O)C1CC1. The van der Waals surface area contributed by atoms with E-state index in [1.807, 2.05) is 0 Å². The average molecular weight is 340 g/mol. The van der Waals surface area contributed by atoms with E-state index in [-0.39, 0.29) is 0 Å². The molecule has 1 aromatic carbocycles. The Balaban J connectivity index is 1.85. The molecule has 0 saturated heterocycles. The number of hydrogen-bond acceptors (Lipinski definition) is 3. The second kappa shape index (κ2) is 6.56. The summed E-state index contributed by atoms with van der Waals surface area (Å²) in [6.07, 6.45) is 4.95. The number of para-hydroxylation sites is 1. The number of hydrogen-bond donors (Lipinski definition) is 2. The minimum absolute atomic E-state index is 0.395. The highest BCUT2D eigenvalue weighted by Gasteiger charge is 2.34. The third-order valence-corrected chi connectivity index (χ3v) is 5.58. The standard InChI is InChI=1S/C17H25O5P/c1-11(13-6-7-13)15-4-3-5-16(12(2)14-8-9-14)17(15)21-10-22-23(18,19)20/h3-5,11-14H,6-10H2,1-2H3,(H2,18,19,20)/t11-,12+. The van der Waals surface area contributed by atoms with Gasteiger partial charge in [0.2, 0.25) is 0 Å². The maximum absolute atomic E-state index is 10.9. The molecule has 2 aliphatic rings. The monoisotopic (exact) mass is 340 g/mol. The summed E-state index contributed by atoms with van der Waals surface area (Å²) in [4.78, 5) is 17.7. The van der Waals surface area contributed by atoms with Crippen LogP contribution in [0, 0.1) is 11.8 Å². The summed E-state index contributed by atoms with van der Waals surface area (Å²) in [5.74, 6) is 2.93. The largest absolute Gasteiger partial charge is 0.472 e. The summed E-state index contributed by atoms with van der Waals surface area (Å²) in [5.41, 5.74) is 2.26. The van der Waals surface area contributed by atoms with Gasteiger partial charge in [0.25, 0.3) is 0 Å². The number of ether oxygens (including phenoxy) is 1. The Labute approximate surface area is 137 Å². The summed E-state index contributed by atoms with van der Waals surface area (Å²) in [6, 6.07) is 6.21. The molecule has 3 rings (SSSR count). The number of rotatable bonds is 8. The second-order valence-electron chi connectivity index (χ2n) is 6.90. The molecule has 0 heterocycles. The first kappa shape index (κ1) is 17.0. The quantitative estimate of drug-likeness (QED) is 0.549. The third-order valence-electron chi connectivity index (χ3n) is 5.14. The number of benzene rings is 1. The van der Waals surface area contributed by atoms with Gasteiger partial charge < -0.3 is 14.5 Å². The van der Waals surface area contributed by atoms with Crippen molar-refractivity contribution in [1.29, 1.82) is 0 Å². The van der Waals surface area contributed by atoms with Crippen LogP contribution in [0.4, 0.5) is 0 Å². The van der Waals surface area contributed by atoms with Gasteiger partial charge >= 0.3 is 7.82 Å². The topological polar surface area (TPSA) is 76.0 Å². The highest BCUT2D eigenvalue weighted by atomic mass is 31.2. The molecule has 0 radical (unpaired) electrons. The van der Waals surface area contributed by atoms with E-state index in [1.165, 1.54) is 25.7 Å². The van der Waals surface area contributed by atoms with Gasteiger partial charge in [0.1, 0.15) is 5.75 Å². The summed E-state index contributed by atoms with van der Waals surface area (Å²) in [7, 11) is -4.52. The van der Waals surface area contributed by atoms with Crippen molar-refractivity contribution in [2.24, 2.45) is 11.8 Å². The van der Waals surface area contributed by atoms with Crippen LogP contribution in [-0.4, -0.2) is 16.6 Å². The van der Waals surface area contributed by atoms with Crippen LogP contribution in [-0.2, 0) is 9.09 Å². The molecule has 0 amide bonds. The highest BCUT2D eigenvalue weighted by Crippen LogP contribution is 2.50. The molecule has 2 atom stereocenters. The minimum Gasteiger partial charge on any atom is -0.466 e. The van der Waals surface area contributed by atoms with Crippen molar-refractivity contribution in [1.82, 2.24) is 0 Å². The predicted octanol–water partition coefficient (Wildman–Crippen LogP) is 4.16. The summed E-state index contributed by atoms with van der Waals surface area (Å²) < 4.78 is 21.1. The van der Waals surface area contributed by atoms with E-state index in [4.69, 9.17) is 14.5 Å². The Morgan fingerprint density at radius 3 is 1.96 bits per heavy atom. The normalized spacial score (nSPS) is 21.0. The van der Waals surface area contributed by atoms with Crippen LogP contribution in [0.5, 0.6) is 5.75 Å². The van der Waals surface area contributed by atoms with E-state index in [0.717, 1.165) is 16.9 Å². The fourth-order valence-electron chi connectivity index (χ4n) is 3.31. The Bertz CT molecular complexity index is 567. The van der Waals surface area contributed by atoms with E-state index >= 15 is 0 Å².